The molecule has 30 heavy (non-hydrogen) atoms. The fourth-order valence-electron chi connectivity index (χ4n) is 4.47. The number of carbonyl (C=O) groups is 1. The molecule has 0 bridgehead atoms. The lowest BCUT2D eigenvalue weighted by Crippen LogP contribution is -2.41. The van der Waals surface area contributed by atoms with Crippen LogP contribution in [0.5, 0.6) is 5.75 Å². The summed E-state index contributed by atoms with van der Waals surface area (Å²) in [5.41, 5.74) is 1.70. The summed E-state index contributed by atoms with van der Waals surface area (Å²) in [6, 6.07) is 15.2. The summed E-state index contributed by atoms with van der Waals surface area (Å²) in [6.45, 7) is 2.92. The van der Waals surface area contributed by atoms with Gasteiger partial charge < -0.3 is 14.4 Å². The number of anilines is 1. The van der Waals surface area contributed by atoms with Crippen LogP contribution in [0.1, 0.15) is 42.9 Å². The Morgan fingerprint density at radius 1 is 1.13 bits per heavy atom. The second-order valence-electron chi connectivity index (χ2n) is 8.38. The summed E-state index contributed by atoms with van der Waals surface area (Å²) in [7, 11) is -3.79. The number of likely N-dealkylation sites (tertiary alicyclic amines) is 1. The molecule has 0 spiro atoms. The predicted molar refractivity (Wildman–Crippen MR) is 114 cm³/mol. The molecule has 5 rings (SSSR count). The van der Waals surface area contributed by atoms with Crippen molar-refractivity contribution in [2.75, 3.05) is 24.4 Å². The Balaban J connectivity index is 1.38. The number of fused-ring (bicyclic) bond motifs is 1. The molecule has 1 aliphatic carbocycles. The number of amides is 1. The highest BCUT2D eigenvalue weighted by Gasteiger charge is 2.52. The summed E-state index contributed by atoms with van der Waals surface area (Å²) < 4.78 is 30.6. The van der Waals surface area contributed by atoms with Crippen molar-refractivity contribution in [2.24, 2.45) is 0 Å². The van der Waals surface area contributed by atoms with Crippen LogP contribution in [0.3, 0.4) is 0 Å². The standard InChI is InChI=1S/C22H25N3O4S/c26-21(23-19(15-25-12-4-5-13-25)16-6-2-1-3-7-16)22(10-11-22)17-8-9-20-18(14-17)24-30(27,28)29-20/h1-3,6-9,14,19,24H,4-5,10-13,15H2,(H,23,26)/t19-/m1/s1. The highest BCUT2D eigenvalue weighted by molar-refractivity contribution is 7.88. The van der Waals surface area contributed by atoms with E-state index in [2.05, 4.69) is 27.1 Å². The molecule has 2 heterocycles. The molecule has 0 unspecified atom stereocenters. The Labute approximate surface area is 176 Å². The van der Waals surface area contributed by atoms with Gasteiger partial charge in [0.2, 0.25) is 5.91 Å². The van der Waals surface area contributed by atoms with Crippen molar-refractivity contribution in [2.45, 2.75) is 37.1 Å². The SMILES string of the molecule is O=C(N[C@H](CN1CCCC1)c1ccccc1)C1(c2ccc3c(c2)NS(=O)(=O)O3)CC1. The van der Waals surface area contributed by atoms with E-state index in [1.54, 1.807) is 18.2 Å². The molecule has 1 atom stereocenters. The molecule has 7 nitrogen and oxygen atoms in total. The third kappa shape index (κ3) is 3.65. The van der Waals surface area contributed by atoms with Crippen LogP contribution in [-0.2, 0) is 20.5 Å². The molecule has 8 heteroatoms. The molecular formula is C22H25N3O4S. The Kier molecular flexibility index (Phi) is 4.71. The van der Waals surface area contributed by atoms with E-state index in [1.165, 1.54) is 12.8 Å². The van der Waals surface area contributed by atoms with E-state index in [0.717, 1.165) is 43.6 Å². The van der Waals surface area contributed by atoms with Gasteiger partial charge in [0, 0.05) is 6.54 Å². The third-order valence-electron chi connectivity index (χ3n) is 6.30. The zero-order valence-corrected chi connectivity index (χ0v) is 17.5. The number of nitrogens with one attached hydrogen (secondary N) is 2. The predicted octanol–water partition coefficient (Wildman–Crippen LogP) is 2.72. The average Bonchev–Trinajstić information content (AvgIpc) is 3.26. The van der Waals surface area contributed by atoms with Gasteiger partial charge in [-0.1, -0.05) is 36.4 Å². The molecule has 0 aromatic heterocycles. The number of hydrogen-bond donors (Lipinski definition) is 2. The first-order chi connectivity index (χ1) is 14.5. The molecule has 0 radical (unpaired) electrons. The summed E-state index contributed by atoms with van der Waals surface area (Å²) >= 11 is 0. The van der Waals surface area contributed by atoms with Gasteiger partial charge in [0.25, 0.3) is 0 Å². The average molecular weight is 428 g/mol. The molecular weight excluding hydrogens is 402 g/mol. The zero-order chi connectivity index (χ0) is 20.8. The van der Waals surface area contributed by atoms with E-state index < -0.39 is 15.7 Å². The lowest BCUT2D eigenvalue weighted by molar-refractivity contribution is -0.124. The maximum atomic E-state index is 13.4. The quantitative estimate of drug-likeness (QED) is 0.740. The van der Waals surface area contributed by atoms with Gasteiger partial charge in [0.1, 0.15) is 0 Å². The van der Waals surface area contributed by atoms with Gasteiger partial charge in [-0.15, -0.1) is 0 Å². The lowest BCUT2D eigenvalue weighted by atomic mass is 9.93. The van der Waals surface area contributed by atoms with Gasteiger partial charge >= 0.3 is 10.3 Å². The highest BCUT2D eigenvalue weighted by atomic mass is 32.2. The molecule has 2 aromatic carbocycles. The van der Waals surface area contributed by atoms with Crippen molar-refractivity contribution in [1.82, 2.24) is 10.2 Å². The van der Waals surface area contributed by atoms with Gasteiger partial charge in [0.15, 0.2) is 5.75 Å². The third-order valence-corrected chi connectivity index (χ3v) is 7.17. The number of nitrogens with zero attached hydrogens (tertiary/aromatic N) is 1. The molecule has 2 fully saturated rings. The summed E-state index contributed by atoms with van der Waals surface area (Å²) in [5.74, 6) is 0.267. The zero-order valence-electron chi connectivity index (χ0n) is 16.6. The number of hydrogen-bond acceptors (Lipinski definition) is 5. The Morgan fingerprint density at radius 2 is 1.87 bits per heavy atom. The Hall–Kier alpha value is -2.58. The first kappa shape index (κ1) is 19.4. The molecule has 2 N–H and O–H groups in total. The number of rotatable bonds is 6. The smallest absolute Gasteiger partial charge is 0.365 e. The van der Waals surface area contributed by atoms with Crippen molar-refractivity contribution >= 4 is 21.9 Å². The maximum absolute atomic E-state index is 13.4. The number of benzene rings is 2. The second kappa shape index (κ2) is 7.28. The van der Waals surface area contributed by atoms with Crippen LogP contribution in [0.2, 0.25) is 0 Å². The summed E-state index contributed by atoms with van der Waals surface area (Å²) in [5, 5.41) is 3.29. The molecule has 1 saturated heterocycles. The fraction of sp³-hybridized carbons (Fsp3) is 0.409. The first-order valence-corrected chi connectivity index (χ1v) is 11.8. The minimum atomic E-state index is -3.79. The Morgan fingerprint density at radius 3 is 2.57 bits per heavy atom. The highest BCUT2D eigenvalue weighted by Crippen LogP contribution is 2.50. The van der Waals surface area contributed by atoms with Gasteiger partial charge in [-0.2, -0.15) is 8.42 Å². The first-order valence-electron chi connectivity index (χ1n) is 10.4. The summed E-state index contributed by atoms with van der Waals surface area (Å²) in [4.78, 5) is 15.8. The minimum absolute atomic E-state index is 0.00253. The summed E-state index contributed by atoms with van der Waals surface area (Å²) in [6.07, 6.45) is 3.89. The van der Waals surface area contributed by atoms with Crippen molar-refractivity contribution in [1.29, 1.82) is 0 Å². The molecule has 1 amide bonds. The van der Waals surface area contributed by atoms with Crippen LogP contribution in [0.15, 0.2) is 48.5 Å². The lowest BCUT2D eigenvalue weighted by Gasteiger charge is -2.27. The van der Waals surface area contributed by atoms with Crippen LogP contribution >= 0.6 is 0 Å². The van der Waals surface area contributed by atoms with E-state index in [-0.39, 0.29) is 17.7 Å². The topological polar surface area (TPSA) is 87.7 Å². The van der Waals surface area contributed by atoms with Gasteiger partial charge in [-0.25, -0.2) is 4.72 Å². The molecule has 158 valence electrons. The van der Waals surface area contributed by atoms with Crippen LogP contribution in [-0.4, -0.2) is 38.9 Å². The van der Waals surface area contributed by atoms with Crippen LogP contribution in [0.4, 0.5) is 5.69 Å². The van der Waals surface area contributed by atoms with Crippen molar-refractivity contribution < 1.29 is 17.4 Å². The molecule has 2 aliphatic heterocycles. The van der Waals surface area contributed by atoms with E-state index in [0.29, 0.717) is 5.69 Å². The van der Waals surface area contributed by atoms with Gasteiger partial charge in [0.05, 0.1) is 17.1 Å². The van der Waals surface area contributed by atoms with E-state index in [9.17, 15) is 13.2 Å². The largest absolute Gasteiger partial charge is 0.407 e. The van der Waals surface area contributed by atoms with E-state index in [4.69, 9.17) is 4.18 Å². The van der Waals surface area contributed by atoms with E-state index in [1.807, 2.05) is 18.2 Å². The fourth-order valence-corrected chi connectivity index (χ4v) is 5.32. The van der Waals surface area contributed by atoms with E-state index >= 15 is 0 Å². The number of carbonyl (C=O) groups excluding carboxylic acids is 1. The molecule has 2 aromatic rings. The molecule has 1 saturated carbocycles. The van der Waals surface area contributed by atoms with Crippen molar-refractivity contribution in [3.63, 3.8) is 0 Å². The van der Waals surface area contributed by atoms with Gasteiger partial charge in [-0.05, 0) is 62.0 Å². The minimum Gasteiger partial charge on any atom is -0.365 e. The Bertz CT molecular complexity index is 1060. The van der Waals surface area contributed by atoms with Crippen LogP contribution < -0.4 is 14.2 Å². The normalized spacial score (nSPS) is 21.9. The maximum Gasteiger partial charge on any atom is 0.407 e. The second-order valence-corrected chi connectivity index (χ2v) is 9.66. The van der Waals surface area contributed by atoms with Crippen LogP contribution in [0, 0.1) is 0 Å². The van der Waals surface area contributed by atoms with Gasteiger partial charge in [-0.3, -0.25) is 4.79 Å². The van der Waals surface area contributed by atoms with Crippen molar-refractivity contribution in [3.8, 4) is 5.75 Å². The van der Waals surface area contributed by atoms with Crippen molar-refractivity contribution in [3.05, 3.63) is 59.7 Å². The van der Waals surface area contributed by atoms with Crippen LogP contribution in [0.25, 0.3) is 0 Å². The molecule has 3 aliphatic rings. The monoisotopic (exact) mass is 427 g/mol.